The SMILES string of the molecule is Brc1cccc(OCCNCC2CN3CCCC3CO2)c1. The van der Waals surface area contributed by atoms with Crippen LogP contribution in [0.2, 0.25) is 0 Å². The maximum Gasteiger partial charge on any atom is 0.120 e. The summed E-state index contributed by atoms with van der Waals surface area (Å²) in [4.78, 5) is 2.58. The number of nitrogens with zero attached hydrogens (tertiary/aromatic N) is 1. The fourth-order valence-electron chi connectivity index (χ4n) is 3.07. The van der Waals surface area contributed by atoms with Crippen molar-refractivity contribution < 1.29 is 9.47 Å². The van der Waals surface area contributed by atoms with Crippen molar-refractivity contribution in [3.8, 4) is 5.75 Å². The number of hydrogen-bond acceptors (Lipinski definition) is 4. The summed E-state index contributed by atoms with van der Waals surface area (Å²) in [7, 11) is 0. The quantitative estimate of drug-likeness (QED) is 0.794. The first kappa shape index (κ1) is 15.3. The van der Waals surface area contributed by atoms with E-state index in [1.54, 1.807) is 0 Å². The Bertz CT molecular complexity index is 458. The fraction of sp³-hybridized carbons (Fsp3) is 0.625. The number of ether oxygens (including phenoxy) is 2. The van der Waals surface area contributed by atoms with E-state index in [9.17, 15) is 0 Å². The minimum atomic E-state index is 0.324. The molecule has 0 aliphatic carbocycles. The normalized spacial score (nSPS) is 25.8. The molecule has 21 heavy (non-hydrogen) atoms. The van der Waals surface area contributed by atoms with Gasteiger partial charge in [0.25, 0.3) is 0 Å². The zero-order chi connectivity index (χ0) is 14.5. The molecule has 0 radical (unpaired) electrons. The highest BCUT2D eigenvalue weighted by molar-refractivity contribution is 9.10. The zero-order valence-corrected chi connectivity index (χ0v) is 13.8. The standard InChI is InChI=1S/C16H23BrN2O2/c17-13-3-1-5-15(9-13)20-8-6-18-10-16-11-19-7-2-4-14(19)12-21-16/h1,3,5,9,14,16,18H,2,4,6-8,10-12H2. The third kappa shape index (κ3) is 4.42. The van der Waals surface area contributed by atoms with Crippen LogP contribution in [-0.2, 0) is 4.74 Å². The number of halogens is 1. The molecular formula is C16H23BrN2O2. The van der Waals surface area contributed by atoms with Crippen LogP contribution < -0.4 is 10.1 Å². The van der Waals surface area contributed by atoms with E-state index in [-0.39, 0.29) is 0 Å². The molecule has 2 unspecified atom stereocenters. The molecule has 2 aliphatic heterocycles. The highest BCUT2D eigenvalue weighted by Crippen LogP contribution is 2.22. The van der Waals surface area contributed by atoms with Gasteiger partial charge in [0.15, 0.2) is 0 Å². The van der Waals surface area contributed by atoms with E-state index in [4.69, 9.17) is 9.47 Å². The molecule has 0 bridgehead atoms. The molecule has 3 rings (SSSR count). The number of benzene rings is 1. The lowest BCUT2D eigenvalue weighted by Gasteiger charge is -2.35. The van der Waals surface area contributed by atoms with Crippen LogP contribution in [0, 0.1) is 0 Å². The third-order valence-corrected chi connectivity index (χ3v) is 4.67. The van der Waals surface area contributed by atoms with Crippen LogP contribution in [0.3, 0.4) is 0 Å². The van der Waals surface area contributed by atoms with Gasteiger partial charge < -0.3 is 14.8 Å². The van der Waals surface area contributed by atoms with Crippen LogP contribution in [0.25, 0.3) is 0 Å². The summed E-state index contributed by atoms with van der Waals surface area (Å²) < 4.78 is 12.7. The van der Waals surface area contributed by atoms with Crippen LogP contribution in [0.5, 0.6) is 5.75 Å². The minimum absolute atomic E-state index is 0.324. The average molecular weight is 355 g/mol. The monoisotopic (exact) mass is 354 g/mol. The first-order chi connectivity index (χ1) is 10.3. The number of hydrogen-bond donors (Lipinski definition) is 1. The smallest absolute Gasteiger partial charge is 0.120 e. The third-order valence-electron chi connectivity index (χ3n) is 4.18. The molecule has 1 aromatic rings. The molecule has 5 heteroatoms. The van der Waals surface area contributed by atoms with Crippen LogP contribution >= 0.6 is 15.9 Å². The van der Waals surface area contributed by atoms with Gasteiger partial charge in [-0.15, -0.1) is 0 Å². The Morgan fingerprint density at radius 1 is 1.43 bits per heavy atom. The lowest BCUT2D eigenvalue weighted by Crippen LogP contribution is -2.49. The number of fused-ring (bicyclic) bond motifs is 1. The molecule has 1 N–H and O–H groups in total. The Labute approximate surface area is 134 Å². The van der Waals surface area contributed by atoms with Crippen LogP contribution in [0.1, 0.15) is 12.8 Å². The molecule has 0 saturated carbocycles. The number of nitrogens with one attached hydrogen (secondary N) is 1. The summed E-state index contributed by atoms with van der Waals surface area (Å²) in [5.41, 5.74) is 0. The molecule has 2 heterocycles. The van der Waals surface area contributed by atoms with Crippen LogP contribution in [-0.4, -0.2) is 56.4 Å². The first-order valence-electron chi connectivity index (χ1n) is 7.76. The second-order valence-corrected chi connectivity index (χ2v) is 6.67. The maximum absolute atomic E-state index is 5.92. The van der Waals surface area contributed by atoms with Gasteiger partial charge in [0.1, 0.15) is 12.4 Å². The van der Waals surface area contributed by atoms with E-state index in [0.29, 0.717) is 18.8 Å². The van der Waals surface area contributed by atoms with E-state index in [0.717, 1.165) is 36.5 Å². The van der Waals surface area contributed by atoms with Gasteiger partial charge in [-0.05, 0) is 37.6 Å². The molecule has 2 saturated heterocycles. The molecule has 116 valence electrons. The van der Waals surface area contributed by atoms with Crippen molar-refractivity contribution >= 4 is 15.9 Å². The van der Waals surface area contributed by atoms with E-state index < -0.39 is 0 Å². The zero-order valence-electron chi connectivity index (χ0n) is 12.3. The topological polar surface area (TPSA) is 33.7 Å². The van der Waals surface area contributed by atoms with E-state index in [1.807, 2.05) is 24.3 Å². The highest BCUT2D eigenvalue weighted by Gasteiger charge is 2.31. The van der Waals surface area contributed by atoms with Crippen molar-refractivity contribution in [3.63, 3.8) is 0 Å². The molecule has 0 aromatic heterocycles. The molecule has 4 nitrogen and oxygen atoms in total. The summed E-state index contributed by atoms with van der Waals surface area (Å²) in [5, 5.41) is 3.43. The Kier molecular flexibility index (Phi) is 5.52. The second-order valence-electron chi connectivity index (χ2n) is 5.76. The summed E-state index contributed by atoms with van der Waals surface area (Å²) >= 11 is 3.44. The van der Waals surface area contributed by atoms with Crippen LogP contribution in [0.15, 0.2) is 28.7 Å². The van der Waals surface area contributed by atoms with Gasteiger partial charge in [0.05, 0.1) is 12.7 Å². The predicted octanol–water partition coefficient (Wildman–Crippen LogP) is 2.28. The summed E-state index contributed by atoms with van der Waals surface area (Å²) in [6.07, 6.45) is 2.96. The summed E-state index contributed by atoms with van der Waals surface area (Å²) in [6.45, 7) is 5.65. The Hall–Kier alpha value is -0.620. The molecule has 1 aromatic carbocycles. The van der Waals surface area contributed by atoms with Gasteiger partial charge in [0.2, 0.25) is 0 Å². The lowest BCUT2D eigenvalue weighted by molar-refractivity contribution is -0.0470. The van der Waals surface area contributed by atoms with Gasteiger partial charge in [0, 0.05) is 30.1 Å². The van der Waals surface area contributed by atoms with Gasteiger partial charge in [-0.3, -0.25) is 4.90 Å². The summed E-state index contributed by atoms with van der Waals surface area (Å²) in [5.74, 6) is 0.903. The molecule has 0 spiro atoms. The predicted molar refractivity (Wildman–Crippen MR) is 86.8 cm³/mol. The Morgan fingerprint density at radius 3 is 3.29 bits per heavy atom. The number of morpholine rings is 1. The van der Waals surface area contributed by atoms with Crippen molar-refractivity contribution in [2.75, 3.05) is 39.4 Å². The lowest BCUT2D eigenvalue weighted by atomic mass is 10.2. The number of rotatable bonds is 6. The molecule has 2 aliphatic rings. The molecule has 0 amide bonds. The first-order valence-corrected chi connectivity index (χ1v) is 8.55. The van der Waals surface area contributed by atoms with Gasteiger partial charge >= 0.3 is 0 Å². The highest BCUT2D eigenvalue weighted by atomic mass is 79.9. The second kappa shape index (κ2) is 7.58. The van der Waals surface area contributed by atoms with Crippen LogP contribution in [0.4, 0.5) is 0 Å². The van der Waals surface area contributed by atoms with Gasteiger partial charge in [-0.1, -0.05) is 22.0 Å². The Balaban J connectivity index is 1.30. The van der Waals surface area contributed by atoms with E-state index in [1.165, 1.54) is 19.4 Å². The molecular weight excluding hydrogens is 332 g/mol. The Morgan fingerprint density at radius 2 is 2.38 bits per heavy atom. The maximum atomic E-state index is 5.92. The van der Waals surface area contributed by atoms with Crippen molar-refractivity contribution in [2.24, 2.45) is 0 Å². The molecule has 2 atom stereocenters. The van der Waals surface area contributed by atoms with Crippen molar-refractivity contribution in [3.05, 3.63) is 28.7 Å². The fourth-order valence-corrected chi connectivity index (χ4v) is 3.45. The van der Waals surface area contributed by atoms with Gasteiger partial charge in [-0.2, -0.15) is 0 Å². The van der Waals surface area contributed by atoms with E-state index in [2.05, 4.69) is 26.1 Å². The van der Waals surface area contributed by atoms with Crippen molar-refractivity contribution in [1.29, 1.82) is 0 Å². The van der Waals surface area contributed by atoms with Gasteiger partial charge in [-0.25, -0.2) is 0 Å². The average Bonchev–Trinajstić information content (AvgIpc) is 2.94. The minimum Gasteiger partial charge on any atom is -0.492 e. The largest absolute Gasteiger partial charge is 0.492 e. The van der Waals surface area contributed by atoms with Crippen molar-refractivity contribution in [2.45, 2.75) is 25.0 Å². The van der Waals surface area contributed by atoms with E-state index >= 15 is 0 Å². The summed E-state index contributed by atoms with van der Waals surface area (Å²) in [6, 6.07) is 8.62. The van der Waals surface area contributed by atoms with Crippen molar-refractivity contribution in [1.82, 2.24) is 10.2 Å². The molecule has 2 fully saturated rings.